The van der Waals surface area contributed by atoms with Crippen molar-refractivity contribution >= 4 is 33.6 Å². The molecular weight excluding hydrogens is 568 g/mol. The van der Waals surface area contributed by atoms with Gasteiger partial charge in [0, 0.05) is 35.0 Å². The fourth-order valence-electron chi connectivity index (χ4n) is 6.14. The van der Waals surface area contributed by atoms with Crippen molar-refractivity contribution in [1.82, 2.24) is 20.6 Å². The topological polar surface area (TPSA) is 84.0 Å². The predicted molar refractivity (Wildman–Crippen MR) is 187 cm³/mol. The van der Waals surface area contributed by atoms with Crippen molar-refractivity contribution in [1.29, 1.82) is 0 Å². The normalized spacial score (nSPS) is 11.1. The molecule has 6 nitrogen and oxygen atoms in total. The number of nitrogens with zero attached hydrogens (tertiary/aromatic N) is 2. The van der Waals surface area contributed by atoms with Gasteiger partial charge < -0.3 is 10.6 Å². The van der Waals surface area contributed by atoms with Gasteiger partial charge in [0.2, 0.25) is 0 Å². The molecule has 0 aliphatic heterocycles. The molecule has 0 bridgehead atoms. The molecule has 230 valence electrons. The van der Waals surface area contributed by atoms with Crippen molar-refractivity contribution in [3.05, 3.63) is 131 Å². The number of fused-ring (bicyclic) bond motifs is 2. The average Bonchev–Trinajstić information content (AvgIpc) is 3.09. The Labute approximate surface area is 269 Å². The first kappa shape index (κ1) is 30.7. The second kappa shape index (κ2) is 14.2. The Morgan fingerprint density at radius 3 is 1.28 bits per heavy atom. The molecule has 0 aliphatic rings. The lowest BCUT2D eigenvalue weighted by Gasteiger charge is -2.15. The monoisotopic (exact) mass is 606 g/mol. The van der Waals surface area contributed by atoms with E-state index < -0.39 is 0 Å². The number of pyridine rings is 2. The maximum Gasteiger partial charge on any atom is 0.252 e. The van der Waals surface area contributed by atoms with Gasteiger partial charge in [-0.05, 0) is 49.9 Å². The number of benzene rings is 4. The molecule has 2 heterocycles. The van der Waals surface area contributed by atoms with E-state index in [1.54, 1.807) is 0 Å². The Kier molecular flexibility index (Phi) is 9.44. The van der Waals surface area contributed by atoms with Crippen molar-refractivity contribution in [2.75, 3.05) is 13.1 Å². The summed E-state index contributed by atoms with van der Waals surface area (Å²) in [6, 6.07) is 35.6. The third-order valence-corrected chi connectivity index (χ3v) is 8.49. The molecule has 0 aliphatic carbocycles. The van der Waals surface area contributed by atoms with Crippen LogP contribution in [-0.4, -0.2) is 34.9 Å². The molecule has 4 aromatic carbocycles. The van der Waals surface area contributed by atoms with Gasteiger partial charge in [0.25, 0.3) is 11.8 Å². The van der Waals surface area contributed by atoms with Crippen LogP contribution in [0.25, 0.3) is 44.3 Å². The smallest absolute Gasteiger partial charge is 0.252 e. The number of amides is 2. The lowest BCUT2D eigenvalue weighted by atomic mass is 9.97. The summed E-state index contributed by atoms with van der Waals surface area (Å²) in [6.45, 7) is 5.13. The number of hydrogen-bond donors (Lipinski definition) is 2. The van der Waals surface area contributed by atoms with Crippen LogP contribution in [0.4, 0.5) is 0 Å². The molecular formula is C40H38N4O2. The van der Waals surface area contributed by atoms with E-state index in [0.29, 0.717) is 24.2 Å². The van der Waals surface area contributed by atoms with Crippen molar-refractivity contribution in [2.45, 2.75) is 39.5 Å². The van der Waals surface area contributed by atoms with Gasteiger partial charge in [-0.1, -0.05) is 110 Å². The Morgan fingerprint density at radius 2 is 0.870 bits per heavy atom. The molecule has 2 aromatic heterocycles. The van der Waals surface area contributed by atoms with Crippen LogP contribution in [0.2, 0.25) is 0 Å². The first-order chi connectivity index (χ1) is 22.5. The van der Waals surface area contributed by atoms with Crippen LogP contribution >= 0.6 is 0 Å². The highest BCUT2D eigenvalue weighted by molar-refractivity contribution is 6.09. The van der Waals surface area contributed by atoms with Gasteiger partial charge in [0.15, 0.2) is 0 Å². The number of hydrogen-bond acceptors (Lipinski definition) is 4. The van der Waals surface area contributed by atoms with E-state index in [9.17, 15) is 9.59 Å². The number of nitrogens with one attached hydrogen (secondary N) is 2. The van der Waals surface area contributed by atoms with Gasteiger partial charge in [-0.15, -0.1) is 0 Å². The Morgan fingerprint density at radius 1 is 0.500 bits per heavy atom. The number of rotatable bonds is 11. The van der Waals surface area contributed by atoms with E-state index in [4.69, 9.17) is 9.97 Å². The third kappa shape index (κ3) is 6.52. The second-order valence-corrected chi connectivity index (χ2v) is 11.6. The summed E-state index contributed by atoms with van der Waals surface area (Å²) >= 11 is 0. The van der Waals surface area contributed by atoms with Crippen LogP contribution in [0.5, 0.6) is 0 Å². The summed E-state index contributed by atoms with van der Waals surface area (Å²) in [5.41, 5.74) is 8.40. The van der Waals surface area contributed by atoms with Gasteiger partial charge in [0.05, 0.1) is 33.5 Å². The summed E-state index contributed by atoms with van der Waals surface area (Å²) in [5.74, 6) is -0.147. The van der Waals surface area contributed by atoms with E-state index in [1.807, 2.05) is 123 Å². The summed E-state index contributed by atoms with van der Waals surface area (Å²) in [7, 11) is 0. The van der Waals surface area contributed by atoms with E-state index >= 15 is 0 Å². The zero-order valence-corrected chi connectivity index (χ0v) is 26.3. The lowest BCUT2D eigenvalue weighted by Crippen LogP contribution is -2.26. The molecule has 6 rings (SSSR count). The highest BCUT2D eigenvalue weighted by Crippen LogP contribution is 2.31. The van der Waals surface area contributed by atoms with Gasteiger partial charge in [0.1, 0.15) is 0 Å². The molecule has 0 atom stereocenters. The Hall–Kier alpha value is -5.36. The molecule has 46 heavy (non-hydrogen) atoms. The zero-order valence-electron chi connectivity index (χ0n) is 26.3. The number of unbranched alkanes of at least 4 members (excludes halogenated alkanes) is 3. The van der Waals surface area contributed by atoms with Gasteiger partial charge >= 0.3 is 0 Å². The number of carbonyl (C=O) groups excluding carboxylic acids is 2. The molecule has 0 saturated carbocycles. The van der Waals surface area contributed by atoms with E-state index in [1.165, 1.54) is 0 Å². The number of carbonyl (C=O) groups is 2. The zero-order chi connectivity index (χ0) is 31.9. The summed E-state index contributed by atoms with van der Waals surface area (Å²) in [6.07, 6.45) is 3.64. The highest BCUT2D eigenvalue weighted by Gasteiger charge is 2.20. The molecule has 6 aromatic rings. The average molecular weight is 607 g/mol. The third-order valence-electron chi connectivity index (χ3n) is 8.49. The molecule has 0 saturated heterocycles. The predicted octanol–water partition coefficient (Wildman–Crippen LogP) is 8.45. The molecule has 6 heteroatoms. The summed E-state index contributed by atoms with van der Waals surface area (Å²) in [5, 5.41) is 8.01. The van der Waals surface area contributed by atoms with Gasteiger partial charge in [-0.3, -0.25) is 9.59 Å². The van der Waals surface area contributed by atoms with Gasteiger partial charge in [-0.2, -0.15) is 0 Å². The van der Waals surface area contributed by atoms with Gasteiger partial charge in [-0.25, -0.2) is 9.97 Å². The maximum atomic E-state index is 13.5. The van der Waals surface area contributed by atoms with E-state index in [2.05, 4.69) is 10.6 Å². The molecule has 2 amide bonds. The van der Waals surface area contributed by atoms with Crippen LogP contribution in [-0.2, 0) is 0 Å². The molecule has 0 spiro atoms. The minimum Gasteiger partial charge on any atom is -0.352 e. The number of aromatic nitrogens is 2. The first-order valence-corrected chi connectivity index (χ1v) is 16.0. The van der Waals surface area contributed by atoms with Crippen molar-refractivity contribution < 1.29 is 9.59 Å². The maximum absolute atomic E-state index is 13.5. The van der Waals surface area contributed by atoms with Crippen LogP contribution < -0.4 is 10.6 Å². The van der Waals surface area contributed by atoms with Crippen LogP contribution in [0.3, 0.4) is 0 Å². The van der Waals surface area contributed by atoms with Crippen molar-refractivity contribution in [2.24, 2.45) is 0 Å². The van der Waals surface area contributed by atoms with E-state index in [0.717, 1.165) is 81.1 Å². The fraction of sp³-hybridized carbons (Fsp3) is 0.200. The molecule has 0 radical (unpaired) electrons. The minimum absolute atomic E-state index is 0.0737. The van der Waals surface area contributed by atoms with Crippen LogP contribution in [0.1, 0.15) is 57.5 Å². The van der Waals surface area contributed by atoms with Crippen LogP contribution in [0, 0.1) is 13.8 Å². The van der Waals surface area contributed by atoms with Crippen molar-refractivity contribution in [3.63, 3.8) is 0 Å². The number of para-hydroxylation sites is 2. The second-order valence-electron chi connectivity index (χ2n) is 11.6. The lowest BCUT2D eigenvalue weighted by molar-refractivity contribution is 0.0944. The standard InChI is InChI=1S/C40H38N4O2/c1-27-35(31-21-11-13-23-33(31)43-37(27)29-17-7-5-8-18-29)39(45)41-25-15-3-4-16-26-42-40(46)36-28(2)38(30-19-9-6-10-20-30)44-34-24-14-12-22-32(34)36/h5-14,17-24H,3-4,15-16,25-26H2,1-2H3,(H,41,45)(H,42,46). The van der Waals surface area contributed by atoms with E-state index in [-0.39, 0.29) is 11.8 Å². The first-order valence-electron chi connectivity index (χ1n) is 16.0. The van der Waals surface area contributed by atoms with Crippen LogP contribution in [0.15, 0.2) is 109 Å². The minimum atomic E-state index is -0.0737. The SMILES string of the molecule is Cc1c(-c2ccccc2)nc2ccccc2c1C(=O)NCCCCCCNC(=O)c1c(C)c(-c2ccccc2)nc2ccccc12. The largest absolute Gasteiger partial charge is 0.352 e. The molecule has 0 fully saturated rings. The Balaban J connectivity index is 1.03. The molecule has 2 N–H and O–H groups in total. The highest BCUT2D eigenvalue weighted by atomic mass is 16.2. The quantitative estimate of drug-likeness (QED) is 0.145. The van der Waals surface area contributed by atoms with Crippen molar-refractivity contribution in [3.8, 4) is 22.5 Å². The molecule has 0 unspecified atom stereocenters. The summed E-state index contributed by atoms with van der Waals surface area (Å²) in [4.78, 5) is 36.7. The summed E-state index contributed by atoms with van der Waals surface area (Å²) < 4.78 is 0. The Bertz CT molecular complexity index is 1860. The fourth-order valence-corrected chi connectivity index (χ4v) is 6.14.